The topological polar surface area (TPSA) is 118 Å². The highest BCUT2D eigenvalue weighted by molar-refractivity contribution is 5.88. The van der Waals surface area contributed by atoms with Crippen LogP contribution in [0.5, 0.6) is 0 Å². The van der Waals surface area contributed by atoms with E-state index in [2.05, 4.69) is 17.9 Å². The van der Waals surface area contributed by atoms with Gasteiger partial charge in [-0.05, 0) is 0 Å². The zero-order valence-corrected chi connectivity index (χ0v) is 10.2. The van der Waals surface area contributed by atoms with Crippen LogP contribution in [-0.2, 0) is 23.9 Å². The van der Waals surface area contributed by atoms with Gasteiger partial charge in [0.15, 0.2) is 0 Å². The summed E-state index contributed by atoms with van der Waals surface area (Å²) in [6.45, 7) is 6.71. The zero-order valence-electron chi connectivity index (χ0n) is 10.2. The van der Waals surface area contributed by atoms with Crippen molar-refractivity contribution in [3.8, 4) is 0 Å². The predicted molar refractivity (Wildman–Crippen MR) is 63.1 cm³/mol. The van der Waals surface area contributed by atoms with Crippen LogP contribution < -0.4 is 0 Å². The molecule has 19 heavy (non-hydrogen) atoms. The molecule has 0 radical (unpaired) electrons. The Morgan fingerprint density at radius 1 is 0.737 bits per heavy atom. The average molecular weight is 270 g/mol. The molecule has 0 fully saturated rings. The molecule has 0 aliphatic rings. The molecule has 0 saturated carbocycles. The molecule has 0 aromatic heterocycles. The molecule has 0 aromatic carbocycles. The van der Waals surface area contributed by atoms with Crippen LogP contribution in [0.15, 0.2) is 24.3 Å². The number of carboxylic acid groups (broad SMARTS) is 2. The number of hydrogen-bond donors (Lipinski definition) is 2. The van der Waals surface area contributed by atoms with Crippen LogP contribution in [0, 0.1) is 0 Å². The minimum absolute atomic E-state index is 0.106. The monoisotopic (exact) mass is 270 g/mol. The molecule has 0 amide bonds. The third-order valence-electron chi connectivity index (χ3n) is 1.82. The number of aliphatic carboxylic acids is 2. The smallest absolute Gasteiger partial charge is 0.317 e. The number of carbonyl (C=O) groups is 4. The molecule has 0 bridgehead atoms. The summed E-state index contributed by atoms with van der Waals surface area (Å²) < 4.78 is 4.37. The standard InChI is InChI=1S/C12H14O7/c1-7(3-9(13)14)5-11(17)19-12(18)6-8(2)4-10(15)16/h1-6H2,(H,13,14)(H,15,16). The molecule has 0 aliphatic carbocycles. The molecule has 0 rings (SSSR count). The van der Waals surface area contributed by atoms with Crippen LogP contribution in [-0.4, -0.2) is 34.1 Å². The minimum atomic E-state index is -1.14. The molecule has 0 heterocycles. The van der Waals surface area contributed by atoms with Gasteiger partial charge in [-0.2, -0.15) is 0 Å². The first-order chi connectivity index (χ1) is 8.70. The van der Waals surface area contributed by atoms with Gasteiger partial charge in [0.05, 0.1) is 25.7 Å². The molecule has 2 N–H and O–H groups in total. The van der Waals surface area contributed by atoms with Gasteiger partial charge in [-0.25, -0.2) is 0 Å². The third kappa shape index (κ3) is 9.28. The van der Waals surface area contributed by atoms with Crippen molar-refractivity contribution in [1.29, 1.82) is 0 Å². The molecule has 7 nitrogen and oxygen atoms in total. The van der Waals surface area contributed by atoms with E-state index in [1.807, 2.05) is 0 Å². The van der Waals surface area contributed by atoms with Gasteiger partial charge < -0.3 is 14.9 Å². The summed E-state index contributed by atoms with van der Waals surface area (Å²) in [5.74, 6) is -4.14. The number of carbonyl (C=O) groups excluding carboxylic acids is 2. The first kappa shape index (κ1) is 16.6. The second-order valence-corrected chi connectivity index (χ2v) is 3.84. The van der Waals surface area contributed by atoms with Crippen molar-refractivity contribution in [2.24, 2.45) is 0 Å². The molecule has 0 atom stereocenters. The molecular weight excluding hydrogens is 256 g/mol. The average Bonchev–Trinajstić information content (AvgIpc) is 2.12. The van der Waals surface area contributed by atoms with Gasteiger partial charge in [0, 0.05) is 0 Å². The fourth-order valence-electron chi connectivity index (χ4n) is 1.16. The largest absolute Gasteiger partial charge is 0.481 e. The minimum Gasteiger partial charge on any atom is -0.481 e. The van der Waals surface area contributed by atoms with Gasteiger partial charge in [-0.1, -0.05) is 24.3 Å². The Morgan fingerprint density at radius 2 is 1.05 bits per heavy atom. The normalized spacial score (nSPS) is 9.47. The van der Waals surface area contributed by atoms with Gasteiger partial charge in [0.1, 0.15) is 0 Å². The first-order valence-corrected chi connectivity index (χ1v) is 5.21. The van der Waals surface area contributed by atoms with Gasteiger partial charge in [-0.15, -0.1) is 0 Å². The first-order valence-electron chi connectivity index (χ1n) is 5.21. The van der Waals surface area contributed by atoms with Gasteiger partial charge >= 0.3 is 23.9 Å². The molecule has 104 valence electrons. The van der Waals surface area contributed by atoms with E-state index in [0.717, 1.165) is 0 Å². The van der Waals surface area contributed by atoms with E-state index < -0.39 is 36.7 Å². The van der Waals surface area contributed by atoms with Crippen molar-refractivity contribution < 1.29 is 34.1 Å². The van der Waals surface area contributed by atoms with Crippen LogP contribution >= 0.6 is 0 Å². The number of ether oxygens (including phenoxy) is 1. The Balaban J connectivity index is 4.09. The van der Waals surface area contributed by atoms with Crippen LogP contribution in [0.1, 0.15) is 25.7 Å². The molecule has 0 spiro atoms. The maximum Gasteiger partial charge on any atom is 0.317 e. The summed E-state index contributed by atoms with van der Waals surface area (Å²) in [4.78, 5) is 43.0. The van der Waals surface area contributed by atoms with E-state index in [1.165, 1.54) is 0 Å². The second kappa shape index (κ2) is 7.80. The van der Waals surface area contributed by atoms with E-state index >= 15 is 0 Å². The van der Waals surface area contributed by atoms with Crippen LogP contribution in [0.2, 0.25) is 0 Å². The highest BCUT2D eigenvalue weighted by Crippen LogP contribution is 2.09. The lowest BCUT2D eigenvalue weighted by Gasteiger charge is -2.04. The van der Waals surface area contributed by atoms with Crippen molar-refractivity contribution in [3.63, 3.8) is 0 Å². The number of esters is 2. The van der Waals surface area contributed by atoms with Crippen molar-refractivity contribution in [3.05, 3.63) is 24.3 Å². The van der Waals surface area contributed by atoms with Gasteiger partial charge in [-0.3, -0.25) is 19.2 Å². The van der Waals surface area contributed by atoms with E-state index in [1.54, 1.807) is 0 Å². The quantitative estimate of drug-likeness (QED) is 0.382. The number of carboxylic acids is 2. The Kier molecular flexibility index (Phi) is 6.80. The summed E-state index contributed by atoms with van der Waals surface area (Å²) in [6, 6.07) is 0. The van der Waals surface area contributed by atoms with Gasteiger partial charge in [0.2, 0.25) is 0 Å². The maximum absolute atomic E-state index is 11.2. The fraction of sp³-hybridized carbons (Fsp3) is 0.333. The van der Waals surface area contributed by atoms with E-state index in [-0.39, 0.29) is 24.0 Å². The second-order valence-electron chi connectivity index (χ2n) is 3.84. The highest BCUT2D eigenvalue weighted by atomic mass is 16.6. The lowest BCUT2D eigenvalue weighted by molar-refractivity contribution is -0.158. The summed E-state index contributed by atoms with van der Waals surface area (Å²) in [6.07, 6.45) is -1.56. The lowest BCUT2D eigenvalue weighted by atomic mass is 10.1. The van der Waals surface area contributed by atoms with Crippen molar-refractivity contribution in [2.45, 2.75) is 25.7 Å². The highest BCUT2D eigenvalue weighted by Gasteiger charge is 2.15. The van der Waals surface area contributed by atoms with Crippen molar-refractivity contribution in [2.75, 3.05) is 0 Å². The molecule has 0 saturated heterocycles. The zero-order chi connectivity index (χ0) is 15.0. The van der Waals surface area contributed by atoms with Crippen LogP contribution in [0.25, 0.3) is 0 Å². The molecule has 0 aromatic rings. The van der Waals surface area contributed by atoms with Crippen LogP contribution in [0.4, 0.5) is 0 Å². The summed E-state index contributed by atoms with van der Waals surface area (Å²) in [7, 11) is 0. The molecule has 0 aliphatic heterocycles. The lowest BCUT2D eigenvalue weighted by Crippen LogP contribution is -2.14. The Morgan fingerprint density at radius 3 is 1.32 bits per heavy atom. The van der Waals surface area contributed by atoms with E-state index in [4.69, 9.17) is 10.2 Å². The molecule has 0 unspecified atom stereocenters. The molecular formula is C12H14O7. The van der Waals surface area contributed by atoms with E-state index in [9.17, 15) is 19.2 Å². The summed E-state index contributed by atoms with van der Waals surface area (Å²) in [5.41, 5.74) is 0.212. The maximum atomic E-state index is 11.2. The van der Waals surface area contributed by atoms with Crippen molar-refractivity contribution >= 4 is 23.9 Å². The number of rotatable bonds is 8. The predicted octanol–water partition coefficient (Wildman–Crippen LogP) is 0.898. The van der Waals surface area contributed by atoms with E-state index in [0.29, 0.717) is 0 Å². The SMILES string of the molecule is C=C(CC(=O)O)CC(=O)OC(=O)CC(=C)CC(=O)O. The summed E-state index contributed by atoms with van der Waals surface area (Å²) >= 11 is 0. The van der Waals surface area contributed by atoms with Crippen LogP contribution in [0.3, 0.4) is 0 Å². The van der Waals surface area contributed by atoms with Gasteiger partial charge in [0.25, 0.3) is 0 Å². The summed E-state index contributed by atoms with van der Waals surface area (Å²) in [5, 5.41) is 16.9. The fourth-order valence-corrected chi connectivity index (χ4v) is 1.16. The van der Waals surface area contributed by atoms with Crippen molar-refractivity contribution in [1.82, 2.24) is 0 Å². The Bertz CT molecular complexity index is 393. The molecule has 7 heteroatoms. The number of hydrogen-bond acceptors (Lipinski definition) is 5. The third-order valence-corrected chi connectivity index (χ3v) is 1.82. The Labute approximate surface area is 109 Å². The Hall–Kier alpha value is -2.44.